The van der Waals surface area contributed by atoms with Gasteiger partial charge in [-0.1, -0.05) is 24.3 Å². The molecule has 1 heterocycles. The fraction of sp³-hybridized carbons (Fsp3) is 0.158. The van der Waals surface area contributed by atoms with Crippen LogP contribution in [-0.4, -0.2) is 23.8 Å². The lowest BCUT2D eigenvalue weighted by atomic mass is 10.1. The highest BCUT2D eigenvalue weighted by molar-refractivity contribution is 7.19. The maximum Gasteiger partial charge on any atom is 0.573 e. The molecule has 0 spiro atoms. The van der Waals surface area contributed by atoms with Gasteiger partial charge in [0.25, 0.3) is 0 Å². The number of alkyl halides is 3. The first-order valence-electron chi connectivity index (χ1n) is 8.05. The lowest BCUT2D eigenvalue weighted by Crippen LogP contribution is -2.23. The van der Waals surface area contributed by atoms with E-state index in [0.29, 0.717) is 13.0 Å². The molecule has 0 saturated heterocycles. The van der Waals surface area contributed by atoms with Gasteiger partial charge in [-0.05, 0) is 42.3 Å². The molecule has 3 aromatic rings. The van der Waals surface area contributed by atoms with E-state index in [4.69, 9.17) is 0 Å². The second-order valence-electron chi connectivity index (χ2n) is 5.59. The number of nitrogens with zero attached hydrogens (tertiary/aromatic N) is 1. The summed E-state index contributed by atoms with van der Waals surface area (Å²) in [5.41, 5.74) is 1.68. The van der Waals surface area contributed by atoms with Crippen LogP contribution in [0.5, 0.6) is 5.75 Å². The maximum absolute atomic E-state index is 12.1. The van der Waals surface area contributed by atoms with Crippen molar-refractivity contribution in [2.75, 3.05) is 6.54 Å². The van der Waals surface area contributed by atoms with Crippen molar-refractivity contribution in [1.82, 2.24) is 10.3 Å². The predicted octanol–water partition coefficient (Wildman–Crippen LogP) is 4.57. The number of thiazole rings is 1. The molecule has 0 fully saturated rings. The summed E-state index contributed by atoms with van der Waals surface area (Å²) in [4.78, 5) is 16.3. The average Bonchev–Trinajstić information content (AvgIpc) is 3.03. The van der Waals surface area contributed by atoms with Gasteiger partial charge in [0.1, 0.15) is 10.8 Å². The van der Waals surface area contributed by atoms with Crippen molar-refractivity contribution < 1.29 is 22.7 Å². The first-order chi connectivity index (χ1) is 12.9. The Kier molecular flexibility index (Phi) is 5.75. The zero-order chi connectivity index (χ0) is 19.3. The summed E-state index contributed by atoms with van der Waals surface area (Å²) in [7, 11) is 0. The third-order valence-electron chi connectivity index (χ3n) is 3.56. The van der Waals surface area contributed by atoms with Crippen molar-refractivity contribution in [3.05, 3.63) is 65.2 Å². The van der Waals surface area contributed by atoms with Gasteiger partial charge < -0.3 is 10.1 Å². The number of ether oxygens (including phenoxy) is 1. The molecule has 0 aliphatic heterocycles. The normalized spacial score (nSPS) is 11.8. The lowest BCUT2D eigenvalue weighted by Gasteiger charge is -2.09. The second kappa shape index (κ2) is 8.22. The Balaban J connectivity index is 1.46. The van der Waals surface area contributed by atoms with Gasteiger partial charge >= 0.3 is 6.36 Å². The summed E-state index contributed by atoms with van der Waals surface area (Å²) in [5, 5.41) is 3.47. The molecule has 0 bridgehead atoms. The predicted molar refractivity (Wildman–Crippen MR) is 98.5 cm³/mol. The Labute approximate surface area is 157 Å². The van der Waals surface area contributed by atoms with E-state index in [-0.39, 0.29) is 11.7 Å². The van der Waals surface area contributed by atoms with Crippen LogP contribution < -0.4 is 10.1 Å². The Morgan fingerprint density at radius 1 is 1.15 bits per heavy atom. The van der Waals surface area contributed by atoms with Gasteiger partial charge in [0.15, 0.2) is 0 Å². The lowest BCUT2D eigenvalue weighted by molar-refractivity contribution is -0.274. The summed E-state index contributed by atoms with van der Waals surface area (Å²) in [6.45, 7) is 0.364. The molecule has 0 aliphatic rings. The van der Waals surface area contributed by atoms with Crippen LogP contribution in [0.2, 0.25) is 0 Å². The van der Waals surface area contributed by atoms with Crippen LogP contribution in [-0.2, 0) is 11.2 Å². The van der Waals surface area contributed by atoms with E-state index in [0.717, 1.165) is 20.8 Å². The quantitative estimate of drug-likeness (QED) is 0.626. The molecule has 1 N–H and O–H groups in total. The van der Waals surface area contributed by atoms with E-state index >= 15 is 0 Å². The highest BCUT2D eigenvalue weighted by atomic mass is 32.1. The second-order valence-corrected chi connectivity index (χ2v) is 6.65. The molecule has 0 saturated carbocycles. The van der Waals surface area contributed by atoms with Crippen molar-refractivity contribution in [1.29, 1.82) is 0 Å². The van der Waals surface area contributed by atoms with E-state index in [9.17, 15) is 18.0 Å². The third-order valence-corrected chi connectivity index (χ3v) is 4.56. The van der Waals surface area contributed by atoms with Crippen LogP contribution in [0.1, 0.15) is 10.6 Å². The maximum atomic E-state index is 12.1. The summed E-state index contributed by atoms with van der Waals surface area (Å²) >= 11 is 1.50. The Morgan fingerprint density at radius 3 is 2.59 bits per heavy atom. The molecule has 3 rings (SSSR count). The minimum Gasteiger partial charge on any atom is -0.406 e. The number of aromatic nitrogens is 1. The SMILES string of the molecule is O=C(C=Cc1nc2ccccc2s1)NCCc1ccc(OC(F)(F)F)cc1. The summed E-state index contributed by atoms with van der Waals surface area (Å²) in [5.74, 6) is -0.527. The number of para-hydroxylation sites is 1. The van der Waals surface area contributed by atoms with Crippen molar-refractivity contribution in [3.63, 3.8) is 0 Å². The first kappa shape index (κ1) is 18.9. The largest absolute Gasteiger partial charge is 0.573 e. The number of hydrogen-bond acceptors (Lipinski definition) is 4. The monoisotopic (exact) mass is 392 g/mol. The fourth-order valence-electron chi connectivity index (χ4n) is 2.36. The van der Waals surface area contributed by atoms with E-state index in [1.54, 1.807) is 6.08 Å². The number of rotatable bonds is 6. The molecular formula is C19H15F3N2O2S. The van der Waals surface area contributed by atoms with E-state index in [1.807, 2.05) is 24.3 Å². The molecule has 0 atom stereocenters. The summed E-state index contributed by atoms with van der Waals surface area (Å²) < 4.78 is 41.2. The van der Waals surface area contributed by atoms with Crippen LogP contribution in [0.15, 0.2) is 54.6 Å². The minimum atomic E-state index is -4.70. The van der Waals surface area contributed by atoms with E-state index in [1.165, 1.54) is 41.7 Å². The molecule has 27 heavy (non-hydrogen) atoms. The van der Waals surface area contributed by atoms with Gasteiger partial charge in [-0.15, -0.1) is 24.5 Å². The van der Waals surface area contributed by atoms with Crippen LogP contribution in [0.25, 0.3) is 16.3 Å². The molecule has 4 nitrogen and oxygen atoms in total. The third kappa shape index (κ3) is 5.82. The zero-order valence-electron chi connectivity index (χ0n) is 14.0. The molecule has 0 aliphatic carbocycles. The number of amides is 1. The number of benzene rings is 2. The van der Waals surface area contributed by atoms with Gasteiger partial charge in [0.2, 0.25) is 5.91 Å². The van der Waals surface area contributed by atoms with Gasteiger partial charge in [-0.3, -0.25) is 4.79 Å². The van der Waals surface area contributed by atoms with Crippen LogP contribution in [0.3, 0.4) is 0 Å². The smallest absolute Gasteiger partial charge is 0.406 e. The van der Waals surface area contributed by atoms with E-state index < -0.39 is 6.36 Å². The van der Waals surface area contributed by atoms with E-state index in [2.05, 4.69) is 15.0 Å². The number of nitrogens with one attached hydrogen (secondary N) is 1. The van der Waals surface area contributed by atoms with Gasteiger partial charge in [0, 0.05) is 12.6 Å². The number of carbonyl (C=O) groups is 1. The van der Waals surface area contributed by atoms with Crippen molar-refractivity contribution in [3.8, 4) is 5.75 Å². The van der Waals surface area contributed by atoms with Crippen molar-refractivity contribution >= 4 is 33.5 Å². The Morgan fingerprint density at radius 2 is 1.89 bits per heavy atom. The topological polar surface area (TPSA) is 51.2 Å². The molecule has 1 aromatic heterocycles. The Hall–Kier alpha value is -2.87. The van der Waals surface area contributed by atoms with Crippen LogP contribution in [0, 0.1) is 0 Å². The molecule has 2 aromatic carbocycles. The number of halogens is 3. The molecule has 0 radical (unpaired) electrons. The average molecular weight is 392 g/mol. The first-order valence-corrected chi connectivity index (χ1v) is 8.87. The molecule has 8 heteroatoms. The van der Waals surface area contributed by atoms with Gasteiger partial charge in [-0.2, -0.15) is 0 Å². The molecular weight excluding hydrogens is 377 g/mol. The van der Waals surface area contributed by atoms with Crippen LogP contribution in [0.4, 0.5) is 13.2 Å². The number of fused-ring (bicyclic) bond motifs is 1. The fourth-order valence-corrected chi connectivity index (χ4v) is 3.23. The van der Waals surface area contributed by atoms with Crippen molar-refractivity contribution in [2.24, 2.45) is 0 Å². The molecule has 1 amide bonds. The number of hydrogen-bond donors (Lipinski definition) is 1. The van der Waals surface area contributed by atoms with Crippen molar-refractivity contribution in [2.45, 2.75) is 12.8 Å². The summed E-state index contributed by atoms with van der Waals surface area (Å²) in [6, 6.07) is 13.3. The molecule has 0 unspecified atom stereocenters. The minimum absolute atomic E-state index is 0.258. The highest BCUT2D eigenvalue weighted by Gasteiger charge is 2.30. The van der Waals surface area contributed by atoms with Crippen LogP contribution >= 0.6 is 11.3 Å². The zero-order valence-corrected chi connectivity index (χ0v) is 14.8. The highest BCUT2D eigenvalue weighted by Crippen LogP contribution is 2.23. The number of carbonyl (C=O) groups excluding carboxylic acids is 1. The molecule has 140 valence electrons. The summed E-state index contributed by atoms with van der Waals surface area (Å²) in [6.07, 6.45) is -1.14. The standard InChI is InChI=1S/C19H15F3N2O2S/c20-19(21,22)26-14-7-5-13(6-8-14)11-12-23-17(25)9-10-18-24-15-3-1-2-4-16(15)27-18/h1-10H,11-12H2,(H,23,25). The van der Waals surface area contributed by atoms with Gasteiger partial charge in [0.05, 0.1) is 10.2 Å². The Bertz CT molecular complexity index is 916. The van der Waals surface area contributed by atoms with Gasteiger partial charge in [-0.25, -0.2) is 4.98 Å².